The summed E-state index contributed by atoms with van der Waals surface area (Å²) in [6.45, 7) is 0. The third-order valence-electron chi connectivity index (χ3n) is 2.38. The van der Waals surface area contributed by atoms with Gasteiger partial charge < -0.3 is 5.32 Å². The number of pyridine rings is 1. The third-order valence-corrected chi connectivity index (χ3v) is 2.70. The lowest BCUT2D eigenvalue weighted by atomic mass is 10.1. The van der Waals surface area contributed by atoms with Crippen LogP contribution in [0.25, 0.3) is 0 Å². The Morgan fingerprint density at radius 1 is 1.44 bits per heavy atom. The number of nitrogens with one attached hydrogen (secondary N) is 1. The molecule has 0 saturated carbocycles. The molecule has 1 atom stereocenters. The second-order valence-corrected chi connectivity index (χ2v) is 3.91. The van der Waals surface area contributed by atoms with Gasteiger partial charge in [0.25, 0.3) is 0 Å². The largest absolute Gasteiger partial charge is 0.307 e. The molecular weight excluding hydrogens is 224 g/mol. The SMILES string of the molecule is CNC(c1ccn(C)n1)c1ncccc1Cl. The number of aryl methyl sites for hydroxylation is 1. The number of hydrogen-bond acceptors (Lipinski definition) is 3. The zero-order chi connectivity index (χ0) is 11.5. The molecule has 0 bridgehead atoms. The van der Waals surface area contributed by atoms with E-state index in [0.717, 1.165) is 11.4 Å². The molecule has 0 fully saturated rings. The van der Waals surface area contributed by atoms with Crippen LogP contribution in [0.2, 0.25) is 5.02 Å². The van der Waals surface area contributed by atoms with Crippen molar-refractivity contribution in [2.24, 2.45) is 7.05 Å². The highest BCUT2D eigenvalue weighted by atomic mass is 35.5. The van der Waals surface area contributed by atoms with Crippen molar-refractivity contribution in [3.05, 3.63) is 47.0 Å². The van der Waals surface area contributed by atoms with E-state index < -0.39 is 0 Å². The molecule has 5 heteroatoms. The fraction of sp³-hybridized carbons (Fsp3) is 0.273. The van der Waals surface area contributed by atoms with Crippen molar-refractivity contribution in [2.75, 3.05) is 7.05 Å². The Hall–Kier alpha value is -1.39. The first-order chi connectivity index (χ1) is 7.72. The molecule has 16 heavy (non-hydrogen) atoms. The van der Waals surface area contributed by atoms with Gasteiger partial charge in [0, 0.05) is 19.4 Å². The summed E-state index contributed by atoms with van der Waals surface area (Å²) in [7, 11) is 3.75. The van der Waals surface area contributed by atoms with E-state index in [-0.39, 0.29) is 6.04 Å². The second-order valence-electron chi connectivity index (χ2n) is 3.51. The summed E-state index contributed by atoms with van der Waals surface area (Å²) in [5, 5.41) is 8.17. The maximum atomic E-state index is 6.12. The first kappa shape index (κ1) is 11.1. The summed E-state index contributed by atoms with van der Waals surface area (Å²) in [6.07, 6.45) is 3.63. The Balaban J connectivity index is 2.40. The number of aromatic nitrogens is 3. The van der Waals surface area contributed by atoms with Gasteiger partial charge in [-0.25, -0.2) is 0 Å². The molecule has 0 radical (unpaired) electrons. The number of halogens is 1. The standard InChI is InChI=1S/C11H13ClN4/c1-13-11(9-5-7-16(2)15-9)10-8(12)4-3-6-14-10/h3-7,11,13H,1-2H3. The quantitative estimate of drug-likeness (QED) is 0.884. The van der Waals surface area contributed by atoms with Gasteiger partial charge in [0.15, 0.2) is 0 Å². The molecule has 84 valence electrons. The molecule has 0 aliphatic rings. The van der Waals surface area contributed by atoms with Gasteiger partial charge in [-0.2, -0.15) is 5.10 Å². The minimum Gasteiger partial charge on any atom is -0.307 e. The van der Waals surface area contributed by atoms with Crippen molar-refractivity contribution in [3.63, 3.8) is 0 Å². The van der Waals surface area contributed by atoms with Crippen LogP contribution in [0.15, 0.2) is 30.6 Å². The molecule has 0 spiro atoms. The second kappa shape index (κ2) is 4.63. The first-order valence-corrected chi connectivity index (χ1v) is 5.37. The topological polar surface area (TPSA) is 42.7 Å². The summed E-state index contributed by atoms with van der Waals surface area (Å²) in [4.78, 5) is 4.29. The minimum atomic E-state index is -0.0742. The maximum Gasteiger partial charge on any atom is 0.0956 e. The van der Waals surface area contributed by atoms with Crippen molar-refractivity contribution in [2.45, 2.75) is 6.04 Å². The van der Waals surface area contributed by atoms with Gasteiger partial charge in [-0.1, -0.05) is 11.6 Å². The van der Waals surface area contributed by atoms with E-state index >= 15 is 0 Å². The molecule has 0 aliphatic heterocycles. The fourth-order valence-corrected chi connectivity index (χ4v) is 1.85. The number of nitrogens with zero attached hydrogens (tertiary/aromatic N) is 3. The normalized spacial score (nSPS) is 12.7. The molecule has 2 heterocycles. The van der Waals surface area contributed by atoms with Crippen LogP contribution >= 0.6 is 11.6 Å². The van der Waals surface area contributed by atoms with Crippen molar-refractivity contribution < 1.29 is 0 Å². The molecule has 4 nitrogen and oxygen atoms in total. The van der Waals surface area contributed by atoms with Gasteiger partial charge in [0.05, 0.1) is 22.5 Å². The van der Waals surface area contributed by atoms with Gasteiger partial charge in [-0.05, 0) is 25.2 Å². The van der Waals surface area contributed by atoms with E-state index in [1.54, 1.807) is 10.9 Å². The average molecular weight is 237 g/mol. The highest BCUT2D eigenvalue weighted by Crippen LogP contribution is 2.24. The molecular formula is C11H13ClN4. The van der Waals surface area contributed by atoms with Gasteiger partial charge in [0.1, 0.15) is 0 Å². The van der Waals surface area contributed by atoms with Crippen LogP contribution in [0, 0.1) is 0 Å². The lowest BCUT2D eigenvalue weighted by Crippen LogP contribution is -2.20. The highest BCUT2D eigenvalue weighted by Gasteiger charge is 2.18. The van der Waals surface area contributed by atoms with Gasteiger partial charge in [-0.15, -0.1) is 0 Å². The van der Waals surface area contributed by atoms with Crippen LogP contribution in [-0.2, 0) is 7.05 Å². The highest BCUT2D eigenvalue weighted by molar-refractivity contribution is 6.31. The van der Waals surface area contributed by atoms with Gasteiger partial charge in [-0.3, -0.25) is 9.67 Å². The summed E-state index contributed by atoms with van der Waals surface area (Å²) in [6, 6.07) is 5.52. The van der Waals surface area contributed by atoms with Crippen molar-refractivity contribution in [3.8, 4) is 0 Å². The molecule has 0 amide bonds. The Morgan fingerprint density at radius 3 is 2.81 bits per heavy atom. The van der Waals surface area contributed by atoms with E-state index in [4.69, 9.17) is 11.6 Å². The average Bonchev–Trinajstić information content (AvgIpc) is 2.69. The molecule has 2 rings (SSSR count). The Morgan fingerprint density at radius 2 is 2.25 bits per heavy atom. The lowest BCUT2D eigenvalue weighted by Gasteiger charge is -2.14. The van der Waals surface area contributed by atoms with Crippen molar-refractivity contribution >= 4 is 11.6 Å². The third kappa shape index (κ3) is 2.08. The maximum absolute atomic E-state index is 6.12. The summed E-state index contributed by atoms with van der Waals surface area (Å²) in [5.41, 5.74) is 1.70. The molecule has 2 aromatic rings. The van der Waals surface area contributed by atoms with Crippen molar-refractivity contribution in [1.82, 2.24) is 20.1 Å². The molecule has 0 saturated heterocycles. The summed E-state index contributed by atoms with van der Waals surface area (Å²) >= 11 is 6.12. The Bertz CT molecular complexity index is 480. The van der Waals surface area contributed by atoms with E-state index in [9.17, 15) is 0 Å². The summed E-state index contributed by atoms with van der Waals surface area (Å²) < 4.78 is 1.76. The molecule has 1 N–H and O–H groups in total. The Kier molecular flexibility index (Phi) is 3.22. The zero-order valence-electron chi connectivity index (χ0n) is 9.18. The lowest BCUT2D eigenvalue weighted by molar-refractivity contribution is 0.628. The smallest absolute Gasteiger partial charge is 0.0956 e. The van der Waals surface area contributed by atoms with E-state index in [1.807, 2.05) is 38.5 Å². The van der Waals surface area contributed by atoms with Crippen LogP contribution < -0.4 is 5.32 Å². The molecule has 0 aromatic carbocycles. The van der Waals surface area contributed by atoms with Crippen LogP contribution in [0.1, 0.15) is 17.4 Å². The molecule has 2 aromatic heterocycles. The van der Waals surface area contributed by atoms with Gasteiger partial charge >= 0.3 is 0 Å². The predicted molar refractivity (Wildman–Crippen MR) is 63.4 cm³/mol. The number of rotatable bonds is 3. The predicted octanol–water partition coefficient (Wildman–Crippen LogP) is 1.78. The number of hydrogen-bond donors (Lipinski definition) is 1. The molecule has 1 unspecified atom stereocenters. The van der Waals surface area contributed by atoms with Crippen LogP contribution in [0.3, 0.4) is 0 Å². The zero-order valence-corrected chi connectivity index (χ0v) is 9.94. The monoisotopic (exact) mass is 236 g/mol. The first-order valence-electron chi connectivity index (χ1n) is 4.99. The van der Waals surface area contributed by atoms with Crippen LogP contribution in [0.4, 0.5) is 0 Å². The van der Waals surface area contributed by atoms with E-state index in [2.05, 4.69) is 15.4 Å². The Labute approximate surface area is 99.3 Å². The molecule has 0 aliphatic carbocycles. The van der Waals surface area contributed by atoms with Crippen LogP contribution in [-0.4, -0.2) is 21.8 Å². The minimum absolute atomic E-state index is 0.0742. The van der Waals surface area contributed by atoms with Gasteiger partial charge in [0.2, 0.25) is 0 Å². The van der Waals surface area contributed by atoms with E-state index in [0.29, 0.717) is 5.02 Å². The van der Waals surface area contributed by atoms with Crippen molar-refractivity contribution in [1.29, 1.82) is 0 Å². The summed E-state index contributed by atoms with van der Waals surface area (Å²) in [5.74, 6) is 0. The fourth-order valence-electron chi connectivity index (χ4n) is 1.62. The van der Waals surface area contributed by atoms with E-state index in [1.165, 1.54) is 0 Å². The van der Waals surface area contributed by atoms with Crippen LogP contribution in [0.5, 0.6) is 0 Å².